The smallest absolute Gasteiger partial charge is 0.165 e. The van der Waals surface area contributed by atoms with Crippen molar-refractivity contribution in [2.24, 2.45) is 0 Å². The number of aromatic nitrogens is 7. The summed E-state index contributed by atoms with van der Waals surface area (Å²) in [6, 6.07) is 8.58. The lowest BCUT2D eigenvalue weighted by Gasteiger charge is -2.32. The summed E-state index contributed by atoms with van der Waals surface area (Å²) in [6.45, 7) is 9.33. The van der Waals surface area contributed by atoms with E-state index in [9.17, 15) is 0 Å². The topological polar surface area (TPSA) is 77.5 Å². The molecule has 1 fully saturated rings. The van der Waals surface area contributed by atoms with Gasteiger partial charge < -0.3 is 0 Å². The fraction of sp³-hybridized carbons (Fsp3) is 0.611. The van der Waals surface area contributed by atoms with Gasteiger partial charge in [0.25, 0.3) is 0 Å². The van der Waals surface area contributed by atoms with Crippen molar-refractivity contribution in [3.63, 3.8) is 0 Å². The molecule has 0 unspecified atom stereocenters. The maximum atomic E-state index is 4.39. The molecule has 3 heterocycles. The minimum atomic E-state index is -0.0587. The molecule has 8 heteroatoms. The highest BCUT2D eigenvalue weighted by Gasteiger charge is 2.27. The van der Waals surface area contributed by atoms with Gasteiger partial charge in [-0.2, -0.15) is 0 Å². The highest BCUT2D eigenvalue weighted by atomic mass is 15.6. The molecular formula is C18H26N8. The van der Waals surface area contributed by atoms with Crippen molar-refractivity contribution in [3.05, 3.63) is 30.1 Å². The van der Waals surface area contributed by atoms with Gasteiger partial charge in [0.1, 0.15) is 5.52 Å². The minimum absolute atomic E-state index is 0.0587. The zero-order chi connectivity index (χ0) is 18.1. The number of piperidine rings is 1. The van der Waals surface area contributed by atoms with Crippen LogP contribution in [-0.2, 0) is 12.1 Å². The van der Waals surface area contributed by atoms with Gasteiger partial charge >= 0.3 is 0 Å². The molecule has 138 valence electrons. The lowest BCUT2D eigenvalue weighted by atomic mass is 10.0. The first kappa shape index (κ1) is 17.1. The molecule has 0 N–H and O–H groups in total. The van der Waals surface area contributed by atoms with Gasteiger partial charge in [0, 0.05) is 13.1 Å². The molecule has 1 saturated heterocycles. The molecular weight excluding hydrogens is 328 g/mol. The summed E-state index contributed by atoms with van der Waals surface area (Å²) >= 11 is 0. The van der Waals surface area contributed by atoms with Crippen molar-refractivity contribution < 1.29 is 0 Å². The number of rotatable bonds is 5. The largest absolute Gasteiger partial charge is 0.296 e. The van der Waals surface area contributed by atoms with E-state index in [-0.39, 0.29) is 5.54 Å². The second-order valence-corrected chi connectivity index (χ2v) is 7.70. The Balaban J connectivity index is 1.43. The van der Waals surface area contributed by atoms with Crippen molar-refractivity contribution in [1.82, 2.24) is 40.1 Å². The van der Waals surface area contributed by atoms with Crippen molar-refractivity contribution in [3.8, 4) is 0 Å². The SMILES string of the molecule is CCC(C)(C)n1nnnc1CN1CCC(n2nnc3ccccc32)CC1. The van der Waals surface area contributed by atoms with Gasteiger partial charge in [-0.15, -0.1) is 10.2 Å². The Morgan fingerprint density at radius 2 is 1.85 bits per heavy atom. The molecule has 0 bridgehead atoms. The van der Waals surface area contributed by atoms with Crippen LogP contribution in [0.2, 0.25) is 0 Å². The maximum Gasteiger partial charge on any atom is 0.165 e. The molecule has 3 aromatic rings. The van der Waals surface area contributed by atoms with Gasteiger partial charge in [-0.25, -0.2) is 9.36 Å². The van der Waals surface area contributed by atoms with Crippen LogP contribution in [0.3, 0.4) is 0 Å². The Morgan fingerprint density at radius 3 is 2.62 bits per heavy atom. The van der Waals surface area contributed by atoms with Crippen LogP contribution in [0.25, 0.3) is 11.0 Å². The third kappa shape index (κ3) is 3.09. The average molecular weight is 354 g/mol. The molecule has 0 atom stereocenters. The molecule has 26 heavy (non-hydrogen) atoms. The molecule has 0 spiro atoms. The first-order chi connectivity index (χ1) is 12.6. The lowest BCUT2D eigenvalue weighted by Crippen LogP contribution is -2.37. The third-order valence-corrected chi connectivity index (χ3v) is 5.62. The van der Waals surface area contributed by atoms with Crippen molar-refractivity contribution in [1.29, 1.82) is 0 Å². The molecule has 1 aliphatic rings. The van der Waals surface area contributed by atoms with E-state index in [1.54, 1.807) is 0 Å². The van der Waals surface area contributed by atoms with Crippen molar-refractivity contribution in [2.45, 2.75) is 58.2 Å². The van der Waals surface area contributed by atoms with Crippen LogP contribution in [0, 0.1) is 0 Å². The number of hydrogen-bond acceptors (Lipinski definition) is 6. The predicted molar refractivity (Wildman–Crippen MR) is 98.5 cm³/mol. The predicted octanol–water partition coefficient (Wildman–Crippen LogP) is 2.40. The Hall–Kier alpha value is -2.35. The van der Waals surface area contributed by atoms with E-state index >= 15 is 0 Å². The van der Waals surface area contributed by atoms with E-state index in [2.05, 4.69) is 62.3 Å². The molecule has 0 aliphatic carbocycles. The Morgan fingerprint density at radius 1 is 1.08 bits per heavy atom. The molecule has 4 rings (SSSR count). The van der Waals surface area contributed by atoms with Crippen LogP contribution < -0.4 is 0 Å². The van der Waals surface area contributed by atoms with Gasteiger partial charge in [-0.3, -0.25) is 4.90 Å². The number of hydrogen-bond donors (Lipinski definition) is 0. The number of benzene rings is 1. The Kier molecular flexibility index (Phi) is 4.44. The molecule has 0 amide bonds. The van der Waals surface area contributed by atoms with Crippen LogP contribution in [0.1, 0.15) is 51.9 Å². The van der Waals surface area contributed by atoms with E-state index < -0.39 is 0 Å². The van der Waals surface area contributed by atoms with Gasteiger partial charge in [0.05, 0.1) is 23.6 Å². The van der Waals surface area contributed by atoms with Gasteiger partial charge in [-0.1, -0.05) is 24.3 Å². The number of fused-ring (bicyclic) bond motifs is 1. The number of nitrogens with zero attached hydrogens (tertiary/aromatic N) is 8. The standard InChI is InChI=1S/C18H26N8/c1-4-18(2,3)26-17(20-21-23-26)13-24-11-9-14(10-12-24)25-16-8-6-5-7-15(16)19-22-25/h5-8,14H,4,9-13H2,1-3H3. The second-order valence-electron chi connectivity index (χ2n) is 7.70. The van der Waals surface area contributed by atoms with Gasteiger partial charge in [0.15, 0.2) is 5.82 Å². The van der Waals surface area contributed by atoms with E-state index in [1.165, 1.54) is 0 Å². The van der Waals surface area contributed by atoms with Crippen molar-refractivity contribution >= 4 is 11.0 Å². The van der Waals surface area contributed by atoms with E-state index in [0.29, 0.717) is 6.04 Å². The summed E-state index contributed by atoms with van der Waals surface area (Å²) in [4.78, 5) is 2.43. The van der Waals surface area contributed by atoms with Crippen LogP contribution in [0.5, 0.6) is 0 Å². The fourth-order valence-electron chi connectivity index (χ4n) is 3.60. The van der Waals surface area contributed by atoms with Gasteiger partial charge in [-0.05, 0) is 55.7 Å². The third-order valence-electron chi connectivity index (χ3n) is 5.62. The first-order valence-electron chi connectivity index (χ1n) is 9.38. The van der Waals surface area contributed by atoms with E-state index in [0.717, 1.165) is 55.8 Å². The summed E-state index contributed by atoms with van der Waals surface area (Å²) in [5.74, 6) is 0.946. The van der Waals surface area contributed by atoms with E-state index in [4.69, 9.17) is 0 Å². The summed E-state index contributed by atoms with van der Waals surface area (Å²) < 4.78 is 4.07. The van der Waals surface area contributed by atoms with Crippen LogP contribution in [0.15, 0.2) is 24.3 Å². The molecule has 8 nitrogen and oxygen atoms in total. The fourth-order valence-corrected chi connectivity index (χ4v) is 3.60. The van der Waals surface area contributed by atoms with Crippen LogP contribution in [-0.4, -0.2) is 53.2 Å². The average Bonchev–Trinajstić information content (AvgIpc) is 3.30. The Labute approximate surface area is 153 Å². The number of para-hydroxylation sites is 1. The minimum Gasteiger partial charge on any atom is -0.296 e. The summed E-state index contributed by atoms with van der Waals surface area (Å²) in [5.41, 5.74) is 2.03. The zero-order valence-corrected chi connectivity index (χ0v) is 15.7. The van der Waals surface area contributed by atoms with Crippen molar-refractivity contribution in [2.75, 3.05) is 13.1 Å². The molecule has 0 saturated carbocycles. The summed E-state index contributed by atoms with van der Waals surface area (Å²) in [7, 11) is 0. The highest BCUT2D eigenvalue weighted by molar-refractivity contribution is 5.73. The monoisotopic (exact) mass is 354 g/mol. The molecule has 2 aromatic heterocycles. The lowest BCUT2D eigenvalue weighted by molar-refractivity contribution is 0.163. The summed E-state index contributed by atoms with van der Waals surface area (Å²) in [6.07, 6.45) is 3.12. The Bertz CT molecular complexity index is 872. The quantitative estimate of drug-likeness (QED) is 0.700. The van der Waals surface area contributed by atoms with Gasteiger partial charge in [0.2, 0.25) is 0 Å². The molecule has 1 aromatic carbocycles. The maximum absolute atomic E-state index is 4.39. The molecule has 1 aliphatic heterocycles. The normalized spacial score (nSPS) is 17.2. The van der Waals surface area contributed by atoms with Crippen LogP contribution in [0.4, 0.5) is 0 Å². The summed E-state index contributed by atoms with van der Waals surface area (Å²) in [5, 5.41) is 21.1. The number of likely N-dealkylation sites (tertiary alicyclic amines) is 1. The van der Waals surface area contributed by atoms with Crippen LogP contribution >= 0.6 is 0 Å². The first-order valence-corrected chi connectivity index (χ1v) is 9.38. The van der Waals surface area contributed by atoms with E-state index in [1.807, 2.05) is 22.9 Å². The molecule has 0 radical (unpaired) electrons. The highest BCUT2D eigenvalue weighted by Crippen LogP contribution is 2.26. The zero-order valence-electron chi connectivity index (χ0n) is 15.7. The second kappa shape index (κ2) is 6.75. The number of tetrazole rings is 1.